The van der Waals surface area contributed by atoms with Gasteiger partial charge in [0.25, 0.3) is 0 Å². The van der Waals surface area contributed by atoms with Crippen molar-refractivity contribution in [2.45, 2.75) is 33.7 Å². The van der Waals surface area contributed by atoms with Crippen molar-refractivity contribution in [3.8, 4) is 0 Å². The van der Waals surface area contributed by atoms with Crippen molar-refractivity contribution in [1.82, 2.24) is 4.57 Å². The van der Waals surface area contributed by atoms with Crippen LogP contribution in [0, 0.1) is 13.8 Å². The van der Waals surface area contributed by atoms with Crippen LogP contribution in [0.5, 0.6) is 0 Å². The van der Waals surface area contributed by atoms with E-state index < -0.39 is 5.97 Å². The number of aryl methyl sites for hydroxylation is 1. The number of hydrogen-bond acceptors (Lipinski definition) is 5. The zero-order chi connectivity index (χ0) is 20.8. The van der Waals surface area contributed by atoms with Crippen LogP contribution in [-0.2, 0) is 14.3 Å². The first-order chi connectivity index (χ1) is 13.2. The molecule has 1 amide bonds. The molecule has 7 heteroatoms. The summed E-state index contributed by atoms with van der Waals surface area (Å²) in [6.45, 7) is 7.36. The van der Waals surface area contributed by atoms with Gasteiger partial charge in [-0.3, -0.25) is 9.59 Å². The van der Waals surface area contributed by atoms with Gasteiger partial charge in [0.05, 0.1) is 18.2 Å². The summed E-state index contributed by atoms with van der Waals surface area (Å²) in [6.07, 6.45) is 0. The molecule has 28 heavy (non-hydrogen) atoms. The number of carbonyl (C=O) groups is 3. The van der Waals surface area contributed by atoms with Gasteiger partial charge in [0, 0.05) is 36.7 Å². The predicted octanol–water partition coefficient (Wildman–Crippen LogP) is 3.31. The summed E-state index contributed by atoms with van der Waals surface area (Å²) in [4.78, 5) is 36.0. The van der Waals surface area contributed by atoms with Crippen LogP contribution in [0.15, 0.2) is 30.3 Å². The summed E-state index contributed by atoms with van der Waals surface area (Å²) in [7, 11) is 1.64. The molecule has 2 rings (SSSR count). The number of ether oxygens (including phenoxy) is 2. The molecule has 0 aliphatic heterocycles. The highest BCUT2D eigenvalue weighted by Crippen LogP contribution is 2.21. The van der Waals surface area contributed by atoms with Crippen LogP contribution in [0.2, 0.25) is 0 Å². The van der Waals surface area contributed by atoms with Gasteiger partial charge in [0.2, 0.25) is 11.7 Å². The third kappa shape index (κ3) is 5.07. The quantitative estimate of drug-likeness (QED) is 0.556. The third-order valence-electron chi connectivity index (χ3n) is 4.39. The Morgan fingerprint density at radius 2 is 1.89 bits per heavy atom. The standard InChI is InChI=1S/C21H26N2O5/c1-13-9-19(15(3)23(13)14(2)11-27-5)20(25)12-28-21(26)17-7-6-8-18(10-17)22-16(4)24/h6-10,14H,11-12H2,1-5H3,(H,22,24)/t14-/m1/s1. The van der Waals surface area contributed by atoms with E-state index in [1.807, 2.05) is 25.3 Å². The van der Waals surface area contributed by atoms with Crippen LogP contribution in [0.4, 0.5) is 5.69 Å². The summed E-state index contributed by atoms with van der Waals surface area (Å²) in [5.74, 6) is -1.13. The smallest absolute Gasteiger partial charge is 0.338 e. The number of esters is 1. The fraction of sp³-hybridized carbons (Fsp3) is 0.381. The molecule has 1 N–H and O–H groups in total. The van der Waals surface area contributed by atoms with Crippen molar-refractivity contribution in [1.29, 1.82) is 0 Å². The monoisotopic (exact) mass is 386 g/mol. The van der Waals surface area contributed by atoms with E-state index in [1.54, 1.807) is 31.4 Å². The van der Waals surface area contributed by atoms with E-state index in [2.05, 4.69) is 5.32 Å². The molecule has 2 aromatic rings. The average Bonchev–Trinajstić information content (AvgIpc) is 2.93. The van der Waals surface area contributed by atoms with E-state index in [1.165, 1.54) is 13.0 Å². The maximum atomic E-state index is 12.6. The van der Waals surface area contributed by atoms with Gasteiger partial charge in [-0.25, -0.2) is 4.79 Å². The number of rotatable bonds is 8. The summed E-state index contributed by atoms with van der Waals surface area (Å²) in [5.41, 5.74) is 3.04. The number of hydrogen-bond donors (Lipinski definition) is 1. The van der Waals surface area contributed by atoms with E-state index in [0.29, 0.717) is 17.9 Å². The molecule has 0 unspecified atom stereocenters. The first-order valence-electron chi connectivity index (χ1n) is 9.00. The van der Waals surface area contributed by atoms with Gasteiger partial charge in [-0.2, -0.15) is 0 Å². The lowest BCUT2D eigenvalue weighted by molar-refractivity contribution is -0.114. The van der Waals surface area contributed by atoms with Gasteiger partial charge in [0.1, 0.15) is 0 Å². The molecule has 1 aromatic heterocycles. The van der Waals surface area contributed by atoms with Gasteiger partial charge in [-0.15, -0.1) is 0 Å². The van der Waals surface area contributed by atoms with Crippen molar-refractivity contribution >= 4 is 23.3 Å². The summed E-state index contributed by atoms with van der Waals surface area (Å²) < 4.78 is 12.4. The topological polar surface area (TPSA) is 86.6 Å². The number of Topliss-reactive ketones (excluding diaryl/α,β-unsaturated/α-hetero) is 1. The molecule has 0 spiro atoms. The molecule has 150 valence electrons. The number of anilines is 1. The van der Waals surface area contributed by atoms with Crippen molar-refractivity contribution in [3.05, 3.63) is 52.8 Å². The van der Waals surface area contributed by atoms with Crippen LogP contribution in [0.25, 0.3) is 0 Å². The molecule has 7 nitrogen and oxygen atoms in total. The molecule has 1 atom stereocenters. The molecule has 0 aliphatic rings. The maximum absolute atomic E-state index is 12.6. The molecule has 0 aliphatic carbocycles. The highest BCUT2D eigenvalue weighted by atomic mass is 16.5. The fourth-order valence-corrected chi connectivity index (χ4v) is 3.27. The number of amides is 1. The second-order valence-corrected chi connectivity index (χ2v) is 6.72. The minimum Gasteiger partial charge on any atom is -0.454 e. The molecule has 0 bridgehead atoms. The highest BCUT2D eigenvalue weighted by Gasteiger charge is 2.20. The number of aromatic nitrogens is 1. The zero-order valence-electron chi connectivity index (χ0n) is 16.9. The lowest BCUT2D eigenvalue weighted by atomic mass is 10.1. The second kappa shape index (κ2) is 9.32. The van der Waals surface area contributed by atoms with Gasteiger partial charge < -0.3 is 19.4 Å². The fourth-order valence-electron chi connectivity index (χ4n) is 3.27. The number of nitrogens with zero attached hydrogens (tertiary/aromatic N) is 1. The summed E-state index contributed by atoms with van der Waals surface area (Å²) >= 11 is 0. The lowest BCUT2D eigenvalue weighted by Gasteiger charge is -2.17. The lowest BCUT2D eigenvalue weighted by Crippen LogP contribution is -2.17. The maximum Gasteiger partial charge on any atom is 0.338 e. The summed E-state index contributed by atoms with van der Waals surface area (Å²) in [5, 5.41) is 2.60. The Balaban J connectivity index is 2.07. The van der Waals surface area contributed by atoms with E-state index in [0.717, 1.165) is 11.4 Å². The molecule has 0 radical (unpaired) electrons. The molecule has 0 fully saturated rings. The number of nitrogens with one attached hydrogen (secondary N) is 1. The first-order valence-corrected chi connectivity index (χ1v) is 9.00. The number of carbonyl (C=O) groups excluding carboxylic acids is 3. The SMILES string of the molecule is COC[C@@H](C)n1c(C)cc(C(=O)COC(=O)c2cccc(NC(C)=O)c2)c1C. The van der Waals surface area contributed by atoms with Crippen LogP contribution in [0.3, 0.4) is 0 Å². The molecule has 1 heterocycles. The molecule has 0 saturated heterocycles. The van der Waals surface area contributed by atoms with Crippen LogP contribution in [-0.4, -0.2) is 42.6 Å². The van der Waals surface area contributed by atoms with Crippen molar-refractivity contribution in [2.75, 3.05) is 25.6 Å². The van der Waals surface area contributed by atoms with Gasteiger partial charge in [-0.1, -0.05) is 6.07 Å². The van der Waals surface area contributed by atoms with Crippen molar-refractivity contribution in [2.24, 2.45) is 0 Å². The Labute approximate surface area is 164 Å². The zero-order valence-corrected chi connectivity index (χ0v) is 16.9. The molecular weight excluding hydrogens is 360 g/mol. The number of ketones is 1. The molecular formula is C21H26N2O5. The number of benzene rings is 1. The minimum atomic E-state index is -0.623. The van der Waals surface area contributed by atoms with Gasteiger partial charge in [-0.05, 0) is 45.0 Å². The minimum absolute atomic E-state index is 0.0885. The van der Waals surface area contributed by atoms with Crippen LogP contribution in [0.1, 0.15) is 52.0 Å². The Bertz CT molecular complexity index is 885. The van der Waals surface area contributed by atoms with E-state index in [9.17, 15) is 14.4 Å². The predicted molar refractivity (Wildman–Crippen MR) is 106 cm³/mol. The van der Waals surface area contributed by atoms with Crippen LogP contribution >= 0.6 is 0 Å². The first kappa shape index (κ1) is 21.4. The third-order valence-corrected chi connectivity index (χ3v) is 4.39. The van der Waals surface area contributed by atoms with Gasteiger partial charge >= 0.3 is 5.97 Å². The summed E-state index contributed by atoms with van der Waals surface area (Å²) in [6, 6.07) is 8.26. The van der Waals surface area contributed by atoms with Crippen molar-refractivity contribution < 1.29 is 23.9 Å². The Morgan fingerprint density at radius 3 is 2.54 bits per heavy atom. The van der Waals surface area contributed by atoms with E-state index >= 15 is 0 Å². The van der Waals surface area contributed by atoms with Crippen molar-refractivity contribution in [3.63, 3.8) is 0 Å². The van der Waals surface area contributed by atoms with E-state index in [-0.39, 0.29) is 29.9 Å². The largest absolute Gasteiger partial charge is 0.454 e. The molecule has 1 aromatic carbocycles. The second-order valence-electron chi connectivity index (χ2n) is 6.72. The Hall–Kier alpha value is -2.93. The normalized spacial score (nSPS) is 11.8. The van der Waals surface area contributed by atoms with Gasteiger partial charge in [0.15, 0.2) is 6.61 Å². The van der Waals surface area contributed by atoms with Crippen LogP contribution < -0.4 is 5.32 Å². The van der Waals surface area contributed by atoms with E-state index in [4.69, 9.17) is 9.47 Å². The number of methoxy groups -OCH3 is 1. The average molecular weight is 386 g/mol. The molecule has 0 saturated carbocycles. The Kier molecular flexibility index (Phi) is 7.12. The highest BCUT2D eigenvalue weighted by molar-refractivity contribution is 6.00. The Morgan fingerprint density at radius 1 is 1.18 bits per heavy atom.